The minimum atomic E-state index is -1.27. The molecule has 0 aromatic rings. The van der Waals surface area contributed by atoms with Gasteiger partial charge in [0, 0.05) is 45.8 Å². The fourth-order valence-electron chi connectivity index (χ4n) is 2.39. The van der Waals surface area contributed by atoms with Gasteiger partial charge in [0.05, 0.1) is 50.5 Å². The number of carbonyl (C=O) groups excluding carboxylic acids is 2. The van der Waals surface area contributed by atoms with Crippen molar-refractivity contribution in [1.82, 2.24) is 0 Å². The van der Waals surface area contributed by atoms with Crippen molar-refractivity contribution in [3.8, 4) is 0 Å². The molecule has 204 valence electrons. The summed E-state index contributed by atoms with van der Waals surface area (Å²) in [6, 6.07) is 0. The molecular formula is C18H30N12O7. The first-order valence-corrected chi connectivity index (χ1v) is 10.9. The molecule has 0 aliphatic heterocycles. The van der Waals surface area contributed by atoms with Gasteiger partial charge in [-0.2, -0.15) is 0 Å². The first-order valence-electron chi connectivity index (χ1n) is 10.9. The first kappa shape index (κ1) is 33.1. The smallest absolute Gasteiger partial charge is 0.312 e. The Morgan fingerprint density at radius 2 is 0.784 bits per heavy atom. The van der Waals surface area contributed by atoms with E-state index in [1.165, 1.54) is 13.8 Å². The lowest BCUT2D eigenvalue weighted by atomic mass is 9.91. The average Bonchev–Trinajstić information content (AvgIpc) is 2.90. The van der Waals surface area contributed by atoms with Gasteiger partial charge >= 0.3 is 11.9 Å². The second-order valence-corrected chi connectivity index (χ2v) is 7.79. The fourth-order valence-corrected chi connectivity index (χ4v) is 2.39. The number of ether oxygens (including phenoxy) is 5. The summed E-state index contributed by atoms with van der Waals surface area (Å²) in [6.07, 6.45) is 0. The molecule has 0 aliphatic rings. The molecular weight excluding hydrogens is 496 g/mol. The molecule has 19 nitrogen and oxygen atoms in total. The molecule has 0 atom stereocenters. The summed E-state index contributed by atoms with van der Waals surface area (Å²) in [4.78, 5) is 34.8. The zero-order valence-corrected chi connectivity index (χ0v) is 20.7. The maximum absolute atomic E-state index is 12.2. The van der Waals surface area contributed by atoms with Gasteiger partial charge in [-0.25, -0.2) is 0 Å². The second-order valence-electron chi connectivity index (χ2n) is 7.79. The van der Waals surface area contributed by atoms with Crippen LogP contribution in [0.3, 0.4) is 0 Å². The molecule has 37 heavy (non-hydrogen) atoms. The molecule has 0 radical (unpaired) electrons. The van der Waals surface area contributed by atoms with Crippen LogP contribution < -0.4 is 0 Å². The second kappa shape index (κ2) is 20.3. The predicted octanol–water partition coefficient (Wildman–Crippen LogP) is 3.38. The number of rotatable bonds is 22. The van der Waals surface area contributed by atoms with Crippen LogP contribution >= 0.6 is 0 Å². The van der Waals surface area contributed by atoms with E-state index in [4.69, 9.17) is 45.8 Å². The summed E-state index contributed by atoms with van der Waals surface area (Å²) in [5.74, 6) is -1.35. The van der Waals surface area contributed by atoms with Gasteiger partial charge in [-0.05, 0) is 36.0 Å². The lowest BCUT2D eigenvalue weighted by molar-refractivity contribution is -0.156. The van der Waals surface area contributed by atoms with Gasteiger partial charge in [0.15, 0.2) is 0 Å². The van der Waals surface area contributed by atoms with E-state index in [0.717, 1.165) is 0 Å². The maximum atomic E-state index is 12.2. The topological polar surface area (TPSA) is 275 Å². The van der Waals surface area contributed by atoms with Crippen LogP contribution in [-0.2, 0) is 33.3 Å². The summed E-state index contributed by atoms with van der Waals surface area (Å²) in [5.41, 5.74) is 31.2. The minimum Gasteiger partial charge on any atom is -0.463 e. The fraction of sp³-hybridized carbons (Fsp3) is 0.889. The van der Waals surface area contributed by atoms with Crippen molar-refractivity contribution in [2.75, 3.05) is 79.0 Å². The monoisotopic (exact) mass is 526 g/mol. The van der Waals surface area contributed by atoms with Gasteiger partial charge in [-0.15, -0.1) is 0 Å². The lowest BCUT2D eigenvalue weighted by Gasteiger charge is -2.23. The standard InChI is InChI=1S/C18H30N12O7/c1-17(11-23-27-19,12-24-28-20)15(31)36-9-7-34-5-3-33-4-6-35-8-10-37-16(32)18(2,13-25-29-21)14-26-30-22/h3-14H2,1-2H3. The molecule has 0 N–H and O–H groups in total. The third kappa shape index (κ3) is 14.9. The number of esters is 2. The molecule has 0 saturated heterocycles. The molecule has 0 saturated carbocycles. The summed E-state index contributed by atoms with van der Waals surface area (Å²) < 4.78 is 26.1. The molecule has 19 heteroatoms. The summed E-state index contributed by atoms with van der Waals surface area (Å²) >= 11 is 0. The molecule has 0 aromatic heterocycles. The Morgan fingerprint density at radius 1 is 0.541 bits per heavy atom. The number of hydrogen-bond donors (Lipinski definition) is 0. The number of nitrogens with zero attached hydrogens (tertiary/aromatic N) is 12. The van der Waals surface area contributed by atoms with Gasteiger partial charge in [-0.1, -0.05) is 20.5 Å². The van der Waals surface area contributed by atoms with E-state index < -0.39 is 22.8 Å². The van der Waals surface area contributed by atoms with E-state index >= 15 is 0 Å². The Labute approximate surface area is 211 Å². The zero-order chi connectivity index (χ0) is 27.8. The van der Waals surface area contributed by atoms with Crippen LogP contribution in [0.15, 0.2) is 20.5 Å². The van der Waals surface area contributed by atoms with E-state index in [-0.39, 0.29) is 79.0 Å². The van der Waals surface area contributed by atoms with E-state index in [9.17, 15) is 9.59 Å². The zero-order valence-electron chi connectivity index (χ0n) is 20.7. The van der Waals surface area contributed by atoms with Gasteiger partial charge in [0.25, 0.3) is 0 Å². The Kier molecular flexibility index (Phi) is 18.1. The van der Waals surface area contributed by atoms with Gasteiger partial charge < -0.3 is 23.7 Å². The molecule has 0 rings (SSSR count). The molecule has 0 bridgehead atoms. The van der Waals surface area contributed by atoms with Crippen LogP contribution in [0.2, 0.25) is 0 Å². The number of hydrogen-bond acceptors (Lipinski definition) is 11. The summed E-state index contributed by atoms with van der Waals surface area (Å²) in [6.45, 7) is 3.18. The lowest BCUT2D eigenvalue weighted by Crippen LogP contribution is -2.36. The predicted molar refractivity (Wildman–Crippen MR) is 127 cm³/mol. The van der Waals surface area contributed by atoms with Crippen molar-refractivity contribution in [2.24, 2.45) is 31.3 Å². The Balaban J connectivity index is 3.93. The Bertz CT molecular complexity index is 795. The minimum absolute atomic E-state index is 0.0481. The van der Waals surface area contributed by atoms with Crippen molar-refractivity contribution >= 4 is 11.9 Å². The molecule has 0 amide bonds. The summed E-state index contributed by atoms with van der Waals surface area (Å²) in [5, 5.41) is 13.4. The highest BCUT2D eigenvalue weighted by molar-refractivity contribution is 5.77. The third-order valence-electron chi connectivity index (χ3n) is 4.58. The molecule has 0 spiro atoms. The SMILES string of the molecule is CC(CN=[N+]=[N-])(CN=[N+]=[N-])C(=O)OCCOCCOCCOCCOC(=O)C(C)(CN=[N+]=[N-])CN=[N+]=[N-]. The molecule has 0 heterocycles. The third-order valence-corrected chi connectivity index (χ3v) is 4.58. The van der Waals surface area contributed by atoms with Gasteiger partial charge in [0.2, 0.25) is 0 Å². The Morgan fingerprint density at radius 3 is 1.03 bits per heavy atom. The largest absolute Gasteiger partial charge is 0.463 e. The first-order chi connectivity index (χ1) is 17.8. The summed E-state index contributed by atoms with van der Waals surface area (Å²) in [7, 11) is 0. The highest BCUT2D eigenvalue weighted by Gasteiger charge is 2.34. The van der Waals surface area contributed by atoms with Crippen LogP contribution in [0.25, 0.3) is 41.8 Å². The highest BCUT2D eigenvalue weighted by atomic mass is 16.6. The van der Waals surface area contributed by atoms with Crippen molar-refractivity contribution in [1.29, 1.82) is 0 Å². The van der Waals surface area contributed by atoms with Crippen LogP contribution in [0, 0.1) is 10.8 Å². The molecule has 0 aliphatic carbocycles. The average molecular weight is 527 g/mol. The number of carbonyl (C=O) groups is 2. The van der Waals surface area contributed by atoms with Crippen LogP contribution in [0.1, 0.15) is 13.8 Å². The van der Waals surface area contributed by atoms with Crippen molar-refractivity contribution in [3.05, 3.63) is 41.8 Å². The maximum Gasteiger partial charge on any atom is 0.312 e. The van der Waals surface area contributed by atoms with Crippen LogP contribution in [0.5, 0.6) is 0 Å². The Hall–Kier alpha value is -3.94. The van der Waals surface area contributed by atoms with Crippen LogP contribution in [0.4, 0.5) is 0 Å². The molecule has 0 fully saturated rings. The molecule has 0 aromatic carbocycles. The van der Waals surface area contributed by atoms with Gasteiger partial charge in [0.1, 0.15) is 13.2 Å². The van der Waals surface area contributed by atoms with Crippen LogP contribution in [-0.4, -0.2) is 91.0 Å². The van der Waals surface area contributed by atoms with Crippen molar-refractivity contribution in [2.45, 2.75) is 13.8 Å². The van der Waals surface area contributed by atoms with Gasteiger partial charge in [-0.3, -0.25) is 9.59 Å². The normalized spacial score (nSPS) is 13.2. The highest BCUT2D eigenvalue weighted by Crippen LogP contribution is 2.21. The van der Waals surface area contributed by atoms with E-state index in [2.05, 4.69) is 40.1 Å². The van der Waals surface area contributed by atoms with Crippen molar-refractivity contribution in [3.63, 3.8) is 0 Å². The van der Waals surface area contributed by atoms with E-state index in [1.54, 1.807) is 0 Å². The molecule has 0 unspecified atom stereocenters. The van der Waals surface area contributed by atoms with E-state index in [1.807, 2.05) is 0 Å². The number of azide groups is 4. The van der Waals surface area contributed by atoms with E-state index in [0.29, 0.717) is 0 Å². The van der Waals surface area contributed by atoms with Crippen molar-refractivity contribution < 1.29 is 33.3 Å². The quantitative estimate of drug-likeness (QED) is 0.0665.